The highest BCUT2D eigenvalue weighted by Crippen LogP contribution is 2.08. The van der Waals surface area contributed by atoms with E-state index in [9.17, 15) is 9.59 Å². The van der Waals surface area contributed by atoms with E-state index in [1.807, 2.05) is 0 Å². The number of carbonyl (C=O) groups excluding carboxylic acids is 2. The Morgan fingerprint density at radius 3 is 2.72 bits per heavy atom. The molecule has 1 saturated heterocycles. The number of rotatable bonds is 9. The molecule has 0 atom stereocenters. The van der Waals surface area contributed by atoms with E-state index in [4.69, 9.17) is 4.52 Å². The van der Waals surface area contributed by atoms with Gasteiger partial charge >= 0.3 is 0 Å². The molecular formula is C15H26ClN5O3S. The second kappa shape index (κ2) is 12.1. The molecule has 0 aromatic carbocycles. The van der Waals surface area contributed by atoms with Crippen LogP contribution in [0, 0.1) is 6.92 Å². The third-order valence-corrected chi connectivity index (χ3v) is 4.48. The van der Waals surface area contributed by atoms with Gasteiger partial charge < -0.3 is 25.4 Å². The largest absolute Gasteiger partial charge is 0.360 e. The number of halogens is 1. The Morgan fingerprint density at radius 1 is 1.32 bits per heavy atom. The highest BCUT2D eigenvalue weighted by Gasteiger charge is 2.10. The van der Waals surface area contributed by atoms with Crippen molar-refractivity contribution in [3.63, 3.8) is 0 Å². The van der Waals surface area contributed by atoms with Crippen LogP contribution in [0.1, 0.15) is 12.2 Å². The molecule has 0 radical (unpaired) electrons. The van der Waals surface area contributed by atoms with Gasteiger partial charge in [-0.1, -0.05) is 5.16 Å². The number of nitrogens with zero attached hydrogens (tertiary/aromatic N) is 2. The summed E-state index contributed by atoms with van der Waals surface area (Å²) in [5.41, 5.74) is 0. The maximum Gasteiger partial charge on any atom is 0.235 e. The average molecular weight is 392 g/mol. The van der Waals surface area contributed by atoms with E-state index < -0.39 is 0 Å². The molecule has 1 aromatic heterocycles. The monoisotopic (exact) mass is 391 g/mol. The molecule has 1 fully saturated rings. The molecular weight excluding hydrogens is 366 g/mol. The topological polar surface area (TPSA) is 99.5 Å². The van der Waals surface area contributed by atoms with Crippen LogP contribution in [0.2, 0.25) is 0 Å². The predicted molar refractivity (Wildman–Crippen MR) is 101 cm³/mol. The van der Waals surface area contributed by atoms with Crippen molar-refractivity contribution in [2.24, 2.45) is 0 Å². The Hall–Kier alpha value is -1.29. The first-order valence-electron chi connectivity index (χ1n) is 8.14. The third-order valence-electron chi connectivity index (χ3n) is 3.54. The first-order valence-corrected chi connectivity index (χ1v) is 9.29. The van der Waals surface area contributed by atoms with Crippen molar-refractivity contribution in [3.05, 3.63) is 11.8 Å². The number of nitrogens with one attached hydrogen (secondary N) is 3. The van der Waals surface area contributed by atoms with Crippen molar-refractivity contribution in [2.45, 2.75) is 13.3 Å². The van der Waals surface area contributed by atoms with Crippen LogP contribution in [0.15, 0.2) is 10.6 Å². The number of hydrogen-bond acceptors (Lipinski definition) is 7. The summed E-state index contributed by atoms with van der Waals surface area (Å²) in [5.74, 6) is 1.29. The summed E-state index contributed by atoms with van der Waals surface area (Å²) < 4.78 is 4.86. The fourth-order valence-corrected chi connectivity index (χ4v) is 3.00. The Labute approximate surface area is 158 Å². The van der Waals surface area contributed by atoms with Gasteiger partial charge in [-0.05, 0) is 19.9 Å². The van der Waals surface area contributed by atoms with Crippen LogP contribution in [0.5, 0.6) is 0 Å². The van der Waals surface area contributed by atoms with Gasteiger partial charge in [-0.3, -0.25) is 9.59 Å². The van der Waals surface area contributed by atoms with E-state index in [1.54, 1.807) is 13.0 Å². The number of aromatic nitrogens is 1. The van der Waals surface area contributed by atoms with Crippen molar-refractivity contribution in [1.29, 1.82) is 0 Å². The summed E-state index contributed by atoms with van der Waals surface area (Å²) in [7, 11) is 0. The fourth-order valence-electron chi connectivity index (χ4n) is 2.36. The lowest BCUT2D eigenvalue weighted by atomic mass is 10.3. The van der Waals surface area contributed by atoms with E-state index >= 15 is 0 Å². The maximum absolute atomic E-state index is 11.7. The molecule has 25 heavy (non-hydrogen) atoms. The van der Waals surface area contributed by atoms with Gasteiger partial charge in [-0.15, -0.1) is 24.2 Å². The molecule has 3 N–H and O–H groups in total. The predicted octanol–water partition coefficient (Wildman–Crippen LogP) is 0.488. The zero-order chi connectivity index (χ0) is 17.2. The van der Waals surface area contributed by atoms with Crippen molar-refractivity contribution >= 4 is 41.8 Å². The van der Waals surface area contributed by atoms with Crippen molar-refractivity contribution in [3.8, 4) is 0 Å². The van der Waals surface area contributed by atoms with Gasteiger partial charge in [0.15, 0.2) is 5.82 Å². The molecule has 142 valence electrons. The summed E-state index contributed by atoms with van der Waals surface area (Å²) in [5, 5.41) is 12.5. The molecule has 0 saturated carbocycles. The van der Waals surface area contributed by atoms with Gasteiger partial charge in [-0.25, -0.2) is 0 Å². The van der Waals surface area contributed by atoms with Crippen LogP contribution in [0.25, 0.3) is 0 Å². The SMILES string of the molecule is Cc1cc(NC(=O)CSCC(=O)NCCCN2CCNCC2)no1.Cl. The van der Waals surface area contributed by atoms with Gasteiger partial charge in [0.25, 0.3) is 0 Å². The highest BCUT2D eigenvalue weighted by molar-refractivity contribution is 8.00. The third kappa shape index (κ3) is 9.10. The highest BCUT2D eigenvalue weighted by atomic mass is 35.5. The normalized spacial score (nSPS) is 14.6. The van der Waals surface area contributed by atoms with Gasteiger partial charge in [0.05, 0.1) is 11.5 Å². The standard InChI is InChI=1S/C15H25N5O3S.ClH/c1-12-9-13(19-23-12)18-15(22)11-24-10-14(21)17-3-2-6-20-7-4-16-5-8-20;/h9,16H,2-8,10-11H2,1H3,(H,17,21)(H,18,19,22);1H. The number of thioether (sulfide) groups is 1. The summed E-state index contributed by atoms with van der Waals surface area (Å²) in [6.07, 6.45) is 0.947. The van der Waals surface area contributed by atoms with Crippen molar-refractivity contribution in [2.75, 3.05) is 56.1 Å². The summed E-state index contributed by atoms with van der Waals surface area (Å²) in [6, 6.07) is 1.65. The van der Waals surface area contributed by atoms with Crippen LogP contribution < -0.4 is 16.0 Å². The minimum atomic E-state index is -0.195. The number of hydrogen-bond donors (Lipinski definition) is 3. The lowest BCUT2D eigenvalue weighted by Crippen LogP contribution is -2.44. The van der Waals surface area contributed by atoms with Gasteiger partial charge in [-0.2, -0.15) is 0 Å². The average Bonchev–Trinajstić information content (AvgIpc) is 2.97. The number of anilines is 1. The quantitative estimate of drug-likeness (QED) is 0.527. The fraction of sp³-hybridized carbons (Fsp3) is 0.667. The molecule has 2 amide bonds. The second-order valence-corrected chi connectivity index (χ2v) is 6.64. The molecule has 0 unspecified atom stereocenters. The van der Waals surface area contributed by atoms with Gasteiger partial charge in [0, 0.05) is 38.8 Å². The van der Waals surface area contributed by atoms with Gasteiger partial charge in [0.1, 0.15) is 5.76 Å². The molecule has 2 rings (SSSR count). The number of carbonyl (C=O) groups is 2. The van der Waals surface area contributed by atoms with E-state index in [2.05, 4.69) is 26.0 Å². The zero-order valence-corrected chi connectivity index (χ0v) is 16.0. The lowest BCUT2D eigenvalue weighted by molar-refractivity contribution is -0.118. The van der Waals surface area contributed by atoms with E-state index in [0.29, 0.717) is 18.1 Å². The Bertz CT molecular complexity index is 537. The number of amides is 2. The zero-order valence-electron chi connectivity index (χ0n) is 14.4. The molecule has 8 nitrogen and oxygen atoms in total. The Kier molecular flexibility index (Phi) is 10.6. The molecule has 1 aromatic rings. The van der Waals surface area contributed by atoms with Crippen LogP contribution >= 0.6 is 24.2 Å². The summed E-state index contributed by atoms with van der Waals surface area (Å²) in [6.45, 7) is 7.66. The first kappa shape index (κ1) is 21.8. The molecule has 1 aliphatic rings. The lowest BCUT2D eigenvalue weighted by Gasteiger charge is -2.27. The van der Waals surface area contributed by atoms with Crippen LogP contribution in [-0.2, 0) is 9.59 Å². The minimum absolute atomic E-state index is 0. The molecule has 1 aliphatic heterocycles. The number of piperazine rings is 1. The van der Waals surface area contributed by atoms with Crippen LogP contribution in [0.4, 0.5) is 5.82 Å². The van der Waals surface area contributed by atoms with Gasteiger partial charge in [0.2, 0.25) is 11.8 Å². The minimum Gasteiger partial charge on any atom is -0.360 e. The molecule has 0 aliphatic carbocycles. The van der Waals surface area contributed by atoms with Crippen molar-refractivity contribution in [1.82, 2.24) is 20.7 Å². The maximum atomic E-state index is 11.7. The molecule has 10 heteroatoms. The summed E-state index contributed by atoms with van der Waals surface area (Å²) in [4.78, 5) is 25.8. The van der Waals surface area contributed by atoms with E-state index in [1.165, 1.54) is 11.8 Å². The second-order valence-electron chi connectivity index (χ2n) is 5.66. The van der Waals surface area contributed by atoms with Crippen LogP contribution in [0.3, 0.4) is 0 Å². The summed E-state index contributed by atoms with van der Waals surface area (Å²) >= 11 is 1.28. The van der Waals surface area contributed by atoms with Crippen molar-refractivity contribution < 1.29 is 14.1 Å². The Morgan fingerprint density at radius 2 is 2.04 bits per heavy atom. The molecule has 0 bridgehead atoms. The number of aryl methyl sites for hydroxylation is 1. The first-order chi connectivity index (χ1) is 11.6. The molecule has 2 heterocycles. The smallest absolute Gasteiger partial charge is 0.235 e. The molecule has 0 spiro atoms. The van der Waals surface area contributed by atoms with E-state index in [-0.39, 0.29) is 35.7 Å². The Balaban J connectivity index is 0.00000312. The van der Waals surface area contributed by atoms with Crippen LogP contribution in [-0.4, -0.2) is 72.6 Å². The van der Waals surface area contributed by atoms with E-state index in [0.717, 1.165) is 39.1 Å².